The van der Waals surface area contributed by atoms with Crippen molar-refractivity contribution < 1.29 is 0 Å². The molecule has 0 aliphatic rings. The molecule has 0 amide bonds. The van der Waals surface area contributed by atoms with Crippen molar-refractivity contribution in [2.75, 3.05) is 18.8 Å². The predicted molar refractivity (Wildman–Crippen MR) is 69.0 cm³/mol. The van der Waals surface area contributed by atoms with Crippen LogP contribution in [0.2, 0.25) is 0 Å². The van der Waals surface area contributed by atoms with Crippen LogP contribution in [-0.2, 0) is 6.54 Å². The highest BCUT2D eigenvalue weighted by Crippen LogP contribution is 2.05. The van der Waals surface area contributed by atoms with E-state index in [-0.39, 0.29) is 22.7 Å². The summed E-state index contributed by atoms with van der Waals surface area (Å²) in [7, 11) is 0. The van der Waals surface area contributed by atoms with Crippen LogP contribution >= 0.6 is 0 Å². The Morgan fingerprint density at radius 3 is 2.72 bits per heavy atom. The van der Waals surface area contributed by atoms with E-state index in [1.807, 2.05) is 0 Å². The first-order chi connectivity index (χ1) is 8.63. The van der Waals surface area contributed by atoms with Gasteiger partial charge in [-0.05, 0) is 13.1 Å². The van der Waals surface area contributed by atoms with Gasteiger partial charge in [0.1, 0.15) is 0 Å². The number of nitrogens with two attached hydrogens (primary N) is 1. The highest BCUT2D eigenvalue weighted by Gasteiger charge is 2.08. The molecule has 2 aromatic heterocycles. The Balaban J connectivity index is 2.41. The number of anilines is 1. The van der Waals surface area contributed by atoms with Crippen LogP contribution in [-0.4, -0.2) is 37.9 Å². The minimum absolute atomic E-state index is 0.0540. The van der Waals surface area contributed by atoms with E-state index < -0.39 is 0 Å². The fraction of sp³-hybridized carbons (Fsp3) is 0.455. The van der Waals surface area contributed by atoms with Crippen molar-refractivity contribution in [3.05, 3.63) is 22.2 Å². The number of H-pyrrole nitrogens is 1. The van der Waals surface area contributed by atoms with Gasteiger partial charge in [0.2, 0.25) is 5.95 Å². The van der Waals surface area contributed by atoms with E-state index in [0.29, 0.717) is 6.54 Å². The molecule has 7 nitrogen and oxygen atoms in total. The molecule has 0 spiro atoms. The summed E-state index contributed by atoms with van der Waals surface area (Å²) in [5.74, 6) is 0.0540. The van der Waals surface area contributed by atoms with Crippen LogP contribution in [0.4, 0.5) is 5.95 Å². The summed E-state index contributed by atoms with van der Waals surface area (Å²) in [5.41, 5.74) is 6.35. The number of nitrogen functional groups attached to an aromatic ring is 1. The monoisotopic (exact) mass is 248 g/mol. The Morgan fingerprint density at radius 2 is 2.06 bits per heavy atom. The molecule has 18 heavy (non-hydrogen) atoms. The molecule has 7 heteroatoms. The maximum atomic E-state index is 11.7. The largest absolute Gasteiger partial charge is 0.369 e. The predicted octanol–water partition coefficient (Wildman–Crippen LogP) is 0.137. The zero-order valence-corrected chi connectivity index (χ0v) is 10.5. The number of hydrogen-bond donors (Lipinski definition) is 2. The van der Waals surface area contributed by atoms with Crippen molar-refractivity contribution in [3.63, 3.8) is 0 Å². The van der Waals surface area contributed by atoms with Gasteiger partial charge in [-0.3, -0.25) is 14.7 Å². The number of nitrogens with one attached hydrogen (secondary N) is 1. The van der Waals surface area contributed by atoms with Crippen molar-refractivity contribution >= 4 is 17.1 Å². The van der Waals surface area contributed by atoms with Gasteiger partial charge in [-0.15, -0.1) is 0 Å². The Bertz CT molecular complexity index is 604. The summed E-state index contributed by atoms with van der Waals surface area (Å²) in [6.45, 7) is 6.67. The molecule has 0 aliphatic heterocycles. The van der Waals surface area contributed by atoms with Crippen molar-refractivity contribution in [3.8, 4) is 0 Å². The van der Waals surface area contributed by atoms with Crippen LogP contribution in [0.5, 0.6) is 0 Å². The molecule has 0 atom stereocenters. The lowest BCUT2D eigenvalue weighted by atomic mass is 10.3. The van der Waals surface area contributed by atoms with Gasteiger partial charge in [0.15, 0.2) is 11.2 Å². The molecule has 0 radical (unpaired) electrons. The number of hydrogen-bond acceptors (Lipinski definition) is 6. The second kappa shape index (κ2) is 5.09. The lowest BCUT2D eigenvalue weighted by Gasteiger charge is -2.16. The summed E-state index contributed by atoms with van der Waals surface area (Å²) in [5, 5.41) is 0. The topological polar surface area (TPSA) is 101 Å². The van der Waals surface area contributed by atoms with Crippen molar-refractivity contribution in [2.24, 2.45) is 0 Å². The van der Waals surface area contributed by atoms with Crippen LogP contribution in [0.15, 0.2) is 11.0 Å². The molecule has 0 saturated carbocycles. The highest BCUT2D eigenvalue weighted by molar-refractivity contribution is 5.69. The van der Waals surface area contributed by atoms with E-state index >= 15 is 0 Å². The first-order valence-corrected chi connectivity index (χ1v) is 5.87. The van der Waals surface area contributed by atoms with Gasteiger partial charge in [-0.1, -0.05) is 13.8 Å². The van der Waals surface area contributed by atoms with Gasteiger partial charge in [0.05, 0.1) is 11.9 Å². The van der Waals surface area contributed by atoms with Gasteiger partial charge in [-0.2, -0.15) is 4.98 Å². The van der Waals surface area contributed by atoms with Gasteiger partial charge >= 0.3 is 0 Å². The molecule has 0 unspecified atom stereocenters. The molecule has 2 aromatic rings. The standard InChI is InChI=1S/C11H16N6O/c1-3-17(4-2)6-7-5-13-9-8(14-7)10(18)16-11(12)15-9/h5H,3-4,6H2,1-2H3,(H3,12,13,15,16,18). The smallest absolute Gasteiger partial charge is 0.280 e. The lowest BCUT2D eigenvalue weighted by Crippen LogP contribution is -2.23. The van der Waals surface area contributed by atoms with Gasteiger partial charge in [0, 0.05) is 6.54 Å². The third kappa shape index (κ3) is 2.45. The van der Waals surface area contributed by atoms with Crippen molar-refractivity contribution in [1.29, 1.82) is 0 Å². The van der Waals surface area contributed by atoms with Gasteiger partial charge < -0.3 is 5.73 Å². The van der Waals surface area contributed by atoms with E-state index in [1.165, 1.54) is 0 Å². The van der Waals surface area contributed by atoms with E-state index in [4.69, 9.17) is 5.73 Å². The SMILES string of the molecule is CCN(CC)Cc1cnc2nc(N)[nH]c(=O)c2n1. The first kappa shape index (κ1) is 12.4. The number of fused-ring (bicyclic) bond motifs is 1. The van der Waals surface area contributed by atoms with E-state index in [1.54, 1.807) is 6.20 Å². The normalized spacial score (nSPS) is 11.3. The molecule has 2 rings (SSSR count). The summed E-state index contributed by atoms with van der Waals surface area (Å²) in [4.78, 5) is 28.6. The second-order valence-electron chi connectivity index (χ2n) is 3.95. The van der Waals surface area contributed by atoms with Crippen LogP contribution in [0.1, 0.15) is 19.5 Å². The molecule has 3 N–H and O–H groups in total. The molecular weight excluding hydrogens is 232 g/mol. The maximum absolute atomic E-state index is 11.7. The zero-order chi connectivity index (χ0) is 13.1. The van der Waals surface area contributed by atoms with Crippen LogP contribution in [0.25, 0.3) is 11.2 Å². The van der Waals surface area contributed by atoms with Gasteiger partial charge in [0.25, 0.3) is 5.56 Å². The molecule has 0 aromatic carbocycles. The quantitative estimate of drug-likeness (QED) is 0.798. The van der Waals surface area contributed by atoms with Crippen LogP contribution in [0.3, 0.4) is 0 Å². The molecule has 2 heterocycles. The van der Waals surface area contributed by atoms with E-state index in [0.717, 1.165) is 18.8 Å². The van der Waals surface area contributed by atoms with Crippen molar-refractivity contribution in [2.45, 2.75) is 20.4 Å². The molecule has 96 valence electrons. The third-order valence-corrected chi connectivity index (χ3v) is 2.77. The lowest BCUT2D eigenvalue weighted by molar-refractivity contribution is 0.292. The molecule has 0 saturated heterocycles. The average molecular weight is 248 g/mol. The number of aromatic amines is 1. The molecule has 0 fully saturated rings. The van der Waals surface area contributed by atoms with E-state index in [2.05, 4.69) is 38.7 Å². The molecule has 0 bridgehead atoms. The Kier molecular flexibility index (Phi) is 3.52. The fourth-order valence-corrected chi connectivity index (χ4v) is 1.72. The van der Waals surface area contributed by atoms with Crippen LogP contribution < -0.4 is 11.3 Å². The second-order valence-corrected chi connectivity index (χ2v) is 3.95. The number of aromatic nitrogens is 4. The summed E-state index contributed by atoms with van der Waals surface area (Å²) >= 11 is 0. The minimum Gasteiger partial charge on any atom is -0.369 e. The first-order valence-electron chi connectivity index (χ1n) is 5.87. The average Bonchev–Trinajstić information content (AvgIpc) is 2.36. The highest BCUT2D eigenvalue weighted by atomic mass is 16.1. The molecule has 0 aliphatic carbocycles. The number of rotatable bonds is 4. The minimum atomic E-state index is -0.355. The summed E-state index contributed by atoms with van der Waals surface area (Å²) < 4.78 is 0. The van der Waals surface area contributed by atoms with E-state index in [9.17, 15) is 4.79 Å². The maximum Gasteiger partial charge on any atom is 0.280 e. The Labute approximate surface area is 104 Å². The fourth-order valence-electron chi connectivity index (χ4n) is 1.72. The Morgan fingerprint density at radius 1 is 1.33 bits per heavy atom. The summed E-state index contributed by atoms with van der Waals surface area (Å²) in [6, 6.07) is 0. The number of nitrogens with zero attached hydrogens (tertiary/aromatic N) is 4. The Hall–Kier alpha value is -2.02. The third-order valence-electron chi connectivity index (χ3n) is 2.77. The van der Waals surface area contributed by atoms with Gasteiger partial charge in [-0.25, -0.2) is 9.97 Å². The van der Waals surface area contributed by atoms with Crippen LogP contribution in [0, 0.1) is 0 Å². The molecular formula is C11H16N6O. The summed E-state index contributed by atoms with van der Waals surface area (Å²) in [6.07, 6.45) is 1.63. The van der Waals surface area contributed by atoms with Crippen molar-refractivity contribution in [1.82, 2.24) is 24.8 Å². The zero-order valence-electron chi connectivity index (χ0n) is 10.5.